The van der Waals surface area contributed by atoms with E-state index >= 15 is 0 Å². The van der Waals surface area contributed by atoms with E-state index in [2.05, 4.69) is 12.1 Å². The van der Waals surface area contributed by atoms with Gasteiger partial charge in [0, 0.05) is 19.5 Å². The molecule has 0 bridgehead atoms. The van der Waals surface area contributed by atoms with Gasteiger partial charge in [0.05, 0.1) is 11.3 Å². The van der Waals surface area contributed by atoms with Crippen molar-refractivity contribution in [3.63, 3.8) is 0 Å². The topological polar surface area (TPSA) is 70.1 Å². The van der Waals surface area contributed by atoms with Crippen LogP contribution in [0.25, 0.3) is 0 Å². The molecule has 1 aromatic rings. The van der Waals surface area contributed by atoms with Crippen LogP contribution in [0.1, 0.15) is 30.5 Å². The van der Waals surface area contributed by atoms with E-state index in [1.807, 2.05) is 13.0 Å². The first-order valence-corrected chi connectivity index (χ1v) is 6.12. The van der Waals surface area contributed by atoms with Crippen molar-refractivity contribution in [3.8, 4) is 6.07 Å². The van der Waals surface area contributed by atoms with Crippen molar-refractivity contribution < 1.29 is 4.79 Å². The summed E-state index contributed by atoms with van der Waals surface area (Å²) in [6, 6.07) is 6.18. The van der Waals surface area contributed by atoms with Crippen molar-refractivity contribution in [1.82, 2.24) is 0 Å². The number of nitrogens with two attached hydrogens (primary N) is 1. The van der Waals surface area contributed by atoms with Gasteiger partial charge in [-0.3, -0.25) is 4.79 Å². The van der Waals surface area contributed by atoms with E-state index in [0.717, 1.165) is 29.7 Å². The number of nitriles is 1. The highest BCUT2D eigenvalue weighted by atomic mass is 16.2. The van der Waals surface area contributed by atoms with Gasteiger partial charge in [0.1, 0.15) is 6.07 Å². The smallest absolute Gasteiger partial charge is 0.223 e. The van der Waals surface area contributed by atoms with Crippen molar-refractivity contribution in [2.45, 2.75) is 32.7 Å². The summed E-state index contributed by atoms with van der Waals surface area (Å²) in [6.07, 6.45) is 1.57. The summed E-state index contributed by atoms with van der Waals surface area (Å²) in [5.74, 6) is -0.00908. The Kier molecular flexibility index (Phi) is 3.35. The average molecular weight is 243 g/mol. The molecule has 0 fully saturated rings. The molecule has 1 aromatic carbocycles. The SMILES string of the molecule is CC(=O)N1CCc2cc(C[C@@H](C)N)cc(C#N)c21. The normalized spacial score (nSPS) is 15.1. The maximum absolute atomic E-state index is 11.5. The monoisotopic (exact) mass is 243 g/mol. The van der Waals surface area contributed by atoms with Crippen LogP contribution in [0, 0.1) is 11.3 Å². The fraction of sp³-hybridized carbons (Fsp3) is 0.429. The molecule has 2 N–H and O–H groups in total. The zero-order valence-electron chi connectivity index (χ0n) is 10.7. The Labute approximate surface area is 107 Å². The van der Waals surface area contributed by atoms with Gasteiger partial charge in [0.15, 0.2) is 0 Å². The number of benzene rings is 1. The van der Waals surface area contributed by atoms with E-state index in [1.54, 1.807) is 4.90 Å². The van der Waals surface area contributed by atoms with Gasteiger partial charge < -0.3 is 10.6 Å². The van der Waals surface area contributed by atoms with Crippen LogP contribution in [0.15, 0.2) is 12.1 Å². The van der Waals surface area contributed by atoms with Gasteiger partial charge in [-0.25, -0.2) is 0 Å². The van der Waals surface area contributed by atoms with E-state index in [4.69, 9.17) is 5.73 Å². The molecule has 4 nitrogen and oxygen atoms in total. The van der Waals surface area contributed by atoms with Crippen molar-refractivity contribution in [2.24, 2.45) is 5.73 Å². The first-order chi connectivity index (χ1) is 8.52. The Morgan fingerprint density at radius 2 is 2.33 bits per heavy atom. The number of carbonyl (C=O) groups is 1. The molecule has 4 heteroatoms. The number of rotatable bonds is 2. The Bertz CT molecular complexity index is 529. The minimum atomic E-state index is -0.00908. The summed E-state index contributed by atoms with van der Waals surface area (Å²) in [4.78, 5) is 13.2. The molecule has 0 radical (unpaired) electrons. The summed E-state index contributed by atoms with van der Waals surface area (Å²) in [5.41, 5.74) is 9.32. The second-order valence-electron chi connectivity index (χ2n) is 4.86. The maximum Gasteiger partial charge on any atom is 0.223 e. The summed E-state index contributed by atoms with van der Waals surface area (Å²) in [7, 11) is 0. The summed E-state index contributed by atoms with van der Waals surface area (Å²) < 4.78 is 0. The van der Waals surface area contributed by atoms with Crippen LogP contribution in [-0.2, 0) is 17.6 Å². The van der Waals surface area contributed by atoms with Crippen LogP contribution in [0.2, 0.25) is 0 Å². The van der Waals surface area contributed by atoms with Gasteiger partial charge >= 0.3 is 0 Å². The standard InChI is InChI=1S/C14H17N3O/c1-9(16)5-11-6-12-3-4-17(10(2)18)14(12)13(7-11)8-15/h6-7,9H,3-5,16H2,1-2H3/t9-/m1/s1. The number of nitrogens with zero attached hydrogens (tertiary/aromatic N) is 2. The molecule has 1 amide bonds. The van der Waals surface area contributed by atoms with Crippen molar-refractivity contribution in [2.75, 3.05) is 11.4 Å². The third kappa shape index (κ3) is 2.22. The molecular weight excluding hydrogens is 226 g/mol. The minimum Gasteiger partial charge on any atom is -0.328 e. The van der Waals surface area contributed by atoms with Gasteiger partial charge in [-0.1, -0.05) is 6.07 Å². The van der Waals surface area contributed by atoms with Gasteiger partial charge in [-0.15, -0.1) is 0 Å². The first kappa shape index (κ1) is 12.6. The fourth-order valence-electron chi connectivity index (χ4n) is 2.50. The lowest BCUT2D eigenvalue weighted by atomic mass is 9.99. The highest BCUT2D eigenvalue weighted by Gasteiger charge is 2.26. The van der Waals surface area contributed by atoms with E-state index in [0.29, 0.717) is 12.1 Å². The molecule has 0 saturated carbocycles. The predicted octanol–water partition coefficient (Wildman–Crippen LogP) is 1.36. The Balaban J connectivity index is 2.47. The minimum absolute atomic E-state index is 0.00908. The molecule has 0 saturated heterocycles. The number of fused-ring (bicyclic) bond motifs is 1. The highest BCUT2D eigenvalue weighted by Crippen LogP contribution is 2.33. The molecule has 0 aliphatic carbocycles. The summed E-state index contributed by atoms with van der Waals surface area (Å²) in [6.45, 7) is 4.15. The fourth-order valence-corrected chi connectivity index (χ4v) is 2.50. The lowest BCUT2D eigenvalue weighted by Gasteiger charge is -2.17. The Hall–Kier alpha value is -1.86. The third-order valence-electron chi connectivity index (χ3n) is 3.18. The number of anilines is 1. The summed E-state index contributed by atoms with van der Waals surface area (Å²) in [5, 5.41) is 9.24. The molecule has 1 aliphatic rings. The largest absolute Gasteiger partial charge is 0.328 e. The molecule has 18 heavy (non-hydrogen) atoms. The van der Waals surface area contributed by atoms with Crippen LogP contribution in [0.5, 0.6) is 0 Å². The quantitative estimate of drug-likeness (QED) is 0.852. The Morgan fingerprint density at radius 3 is 2.89 bits per heavy atom. The van der Waals surface area contributed by atoms with Crippen LogP contribution < -0.4 is 10.6 Å². The average Bonchev–Trinajstić information content (AvgIpc) is 2.70. The van der Waals surface area contributed by atoms with Gasteiger partial charge in [0.25, 0.3) is 0 Å². The Morgan fingerprint density at radius 1 is 1.61 bits per heavy atom. The number of hydrogen-bond acceptors (Lipinski definition) is 3. The molecular formula is C14H17N3O. The lowest BCUT2D eigenvalue weighted by Crippen LogP contribution is -2.26. The van der Waals surface area contributed by atoms with Crippen LogP contribution in [0.3, 0.4) is 0 Å². The van der Waals surface area contributed by atoms with E-state index < -0.39 is 0 Å². The maximum atomic E-state index is 11.5. The predicted molar refractivity (Wildman–Crippen MR) is 70.2 cm³/mol. The molecule has 1 heterocycles. The molecule has 0 spiro atoms. The molecule has 1 atom stereocenters. The highest BCUT2D eigenvalue weighted by molar-refractivity contribution is 5.95. The van der Waals surface area contributed by atoms with E-state index in [1.165, 1.54) is 6.92 Å². The molecule has 2 rings (SSSR count). The second-order valence-corrected chi connectivity index (χ2v) is 4.86. The zero-order valence-corrected chi connectivity index (χ0v) is 10.7. The zero-order chi connectivity index (χ0) is 13.3. The van der Waals surface area contributed by atoms with Crippen molar-refractivity contribution in [1.29, 1.82) is 5.26 Å². The number of hydrogen-bond donors (Lipinski definition) is 1. The van der Waals surface area contributed by atoms with Gasteiger partial charge in [-0.2, -0.15) is 5.26 Å². The molecule has 0 aromatic heterocycles. The number of carbonyl (C=O) groups excluding carboxylic acids is 1. The third-order valence-corrected chi connectivity index (χ3v) is 3.18. The molecule has 0 unspecified atom stereocenters. The van der Waals surface area contributed by atoms with Crippen molar-refractivity contribution in [3.05, 3.63) is 28.8 Å². The van der Waals surface area contributed by atoms with Gasteiger partial charge in [-0.05, 0) is 37.0 Å². The lowest BCUT2D eigenvalue weighted by molar-refractivity contribution is -0.116. The molecule has 94 valence electrons. The molecule has 1 aliphatic heterocycles. The van der Waals surface area contributed by atoms with E-state index in [9.17, 15) is 10.1 Å². The number of amides is 1. The van der Waals surface area contributed by atoms with Gasteiger partial charge in [0.2, 0.25) is 5.91 Å². The van der Waals surface area contributed by atoms with Crippen molar-refractivity contribution >= 4 is 11.6 Å². The van der Waals surface area contributed by atoms with Crippen LogP contribution in [-0.4, -0.2) is 18.5 Å². The second kappa shape index (κ2) is 4.79. The summed E-state index contributed by atoms with van der Waals surface area (Å²) >= 11 is 0. The van der Waals surface area contributed by atoms with Crippen LogP contribution >= 0.6 is 0 Å². The van der Waals surface area contributed by atoms with Crippen LogP contribution in [0.4, 0.5) is 5.69 Å². The first-order valence-electron chi connectivity index (χ1n) is 6.12. The van der Waals surface area contributed by atoms with E-state index in [-0.39, 0.29) is 11.9 Å².